The van der Waals surface area contributed by atoms with Crippen molar-refractivity contribution in [3.05, 3.63) is 52.5 Å². The Kier molecular flexibility index (Phi) is 3.99. The van der Waals surface area contributed by atoms with Crippen LogP contribution in [0.2, 0.25) is 5.02 Å². The summed E-state index contributed by atoms with van der Waals surface area (Å²) in [6.07, 6.45) is 0. The first-order chi connectivity index (χ1) is 10.6. The number of aromatic nitrogens is 1. The van der Waals surface area contributed by atoms with Gasteiger partial charge >= 0.3 is 6.03 Å². The number of carbonyl (C=O) groups is 2. The first-order valence-corrected chi connectivity index (χ1v) is 7.57. The van der Waals surface area contributed by atoms with Gasteiger partial charge in [-0.05, 0) is 41.8 Å². The third-order valence-corrected chi connectivity index (χ3v) is 3.99. The monoisotopic (exact) mass is 334 g/mol. The average Bonchev–Trinajstić information content (AvgIpc) is 3.08. The Bertz CT molecular complexity index is 796. The lowest BCUT2D eigenvalue weighted by molar-refractivity contribution is 0.0934. The summed E-state index contributed by atoms with van der Waals surface area (Å²) < 4.78 is 0.982. The minimum Gasteiger partial charge on any atom is -0.350 e. The number of amides is 3. The second-order valence-corrected chi connectivity index (χ2v) is 5.81. The molecule has 0 unspecified atom stereocenters. The zero-order chi connectivity index (χ0) is 15.5. The molecule has 2 aromatic heterocycles. The van der Waals surface area contributed by atoms with Gasteiger partial charge in [-0.1, -0.05) is 11.6 Å². The summed E-state index contributed by atoms with van der Waals surface area (Å²) in [6, 6.07) is 9.68. The molecule has 1 aromatic carbocycles. The highest BCUT2D eigenvalue weighted by Crippen LogP contribution is 2.21. The van der Waals surface area contributed by atoms with Gasteiger partial charge in [0.1, 0.15) is 5.69 Å². The van der Waals surface area contributed by atoms with E-state index in [0.29, 0.717) is 16.4 Å². The maximum atomic E-state index is 11.9. The molecule has 6 nitrogen and oxygen atoms in total. The van der Waals surface area contributed by atoms with E-state index in [9.17, 15) is 9.59 Å². The number of hydrazine groups is 1. The van der Waals surface area contributed by atoms with E-state index in [4.69, 9.17) is 11.6 Å². The van der Waals surface area contributed by atoms with Crippen LogP contribution in [0.5, 0.6) is 0 Å². The molecule has 0 aliphatic rings. The van der Waals surface area contributed by atoms with E-state index in [-0.39, 0.29) is 0 Å². The van der Waals surface area contributed by atoms with E-state index in [1.165, 1.54) is 11.3 Å². The summed E-state index contributed by atoms with van der Waals surface area (Å²) in [5, 5.41) is 5.07. The molecular formula is C14H11ClN4O2S. The quantitative estimate of drug-likeness (QED) is 0.542. The van der Waals surface area contributed by atoms with Gasteiger partial charge in [0.25, 0.3) is 5.91 Å². The molecule has 0 spiro atoms. The van der Waals surface area contributed by atoms with Crippen molar-refractivity contribution in [3.63, 3.8) is 0 Å². The number of H-pyrrole nitrogens is 1. The molecule has 0 saturated heterocycles. The number of hydrogen-bond donors (Lipinski definition) is 4. The zero-order valence-electron chi connectivity index (χ0n) is 11.1. The molecule has 4 N–H and O–H groups in total. The molecule has 2 heterocycles. The average molecular weight is 335 g/mol. The van der Waals surface area contributed by atoms with Gasteiger partial charge in [0.15, 0.2) is 0 Å². The number of aromatic amines is 1. The Morgan fingerprint density at radius 1 is 1.09 bits per heavy atom. The molecule has 8 heteroatoms. The SMILES string of the molecule is O=C(NNC(=O)c1cc2sccc2[nH]1)Nc1ccc(Cl)cc1. The summed E-state index contributed by atoms with van der Waals surface area (Å²) in [5.74, 6) is -0.422. The lowest BCUT2D eigenvalue weighted by Crippen LogP contribution is -2.44. The molecule has 0 atom stereocenters. The molecule has 22 heavy (non-hydrogen) atoms. The molecule has 0 fully saturated rings. The van der Waals surface area contributed by atoms with Gasteiger partial charge in [-0.2, -0.15) is 0 Å². The van der Waals surface area contributed by atoms with E-state index in [0.717, 1.165) is 10.2 Å². The smallest absolute Gasteiger partial charge is 0.337 e. The van der Waals surface area contributed by atoms with Crippen LogP contribution in [0.3, 0.4) is 0 Å². The summed E-state index contributed by atoms with van der Waals surface area (Å²) in [6.45, 7) is 0. The van der Waals surface area contributed by atoms with Crippen LogP contribution in [0.15, 0.2) is 41.8 Å². The fourth-order valence-electron chi connectivity index (χ4n) is 1.85. The number of thiophene rings is 1. The Morgan fingerprint density at radius 3 is 2.59 bits per heavy atom. The van der Waals surface area contributed by atoms with Gasteiger partial charge < -0.3 is 10.3 Å². The third-order valence-electron chi connectivity index (χ3n) is 2.88. The Hall–Kier alpha value is -2.51. The van der Waals surface area contributed by atoms with Gasteiger partial charge in [-0.3, -0.25) is 10.2 Å². The van der Waals surface area contributed by atoms with Crippen LogP contribution < -0.4 is 16.2 Å². The van der Waals surface area contributed by atoms with Crippen LogP contribution in [0.4, 0.5) is 10.5 Å². The summed E-state index contributed by atoms with van der Waals surface area (Å²) in [4.78, 5) is 26.6. The van der Waals surface area contributed by atoms with E-state index in [1.807, 2.05) is 11.4 Å². The predicted molar refractivity (Wildman–Crippen MR) is 87.2 cm³/mol. The fraction of sp³-hybridized carbons (Fsp3) is 0. The van der Waals surface area contributed by atoms with Gasteiger partial charge in [0.2, 0.25) is 0 Å². The number of hydrogen-bond acceptors (Lipinski definition) is 3. The van der Waals surface area contributed by atoms with Crippen LogP contribution in [0, 0.1) is 0 Å². The van der Waals surface area contributed by atoms with Gasteiger partial charge in [0.05, 0.1) is 10.2 Å². The summed E-state index contributed by atoms with van der Waals surface area (Å²) in [7, 11) is 0. The summed E-state index contributed by atoms with van der Waals surface area (Å²) >= 11 is 7.29. The number of rotatable bonds is 2. The van der Waals surface area contributed by atoms with Gasteiger partial charge in [-0.25, -0.2) is 10.2 Å². The highest BCUT2D eigenvalue weighted by Gasteiger charge is 2.11. The lowest BCUT2D eigenvalue weighted by atomic mass is 10.3. The predicted octanol–water partition coefficient (Wildman–Crippen LogP) is 3.35. The fourth-order valence-corrected chi connectivity index (χ4v) is 2.76. The minimum absolute atomic E-state index is 0.383. The first kappa shape index (κ1) is 14.4. The number of carbonyl (C=O) groups excluding carboxylic acids is 2. The standard InChI is InChI=1S/C14H11ClN4O2S/c15-8-1-3-9(4-2-8)16-14(21)19-18-13(20)11-7-12-10(17-11)5-6-22-12/h1-7,17H,(H,18,20)(H2,16,19,21). The maximum Gasteiger partial charge on any atom is 0.337 e. The van der Waals surface area contributed by atoms with Crippen molar-refractivity contribution >= 4 is 50.8 Å². The van der Waals surface area contributed by atoms with Crippen molar-refractivity contribution in [3.8, 4) is 0 Å². The minimum atomic E-state index is -0.552. The molecule has 0 radical (unpaired) electrons. The maximum absolute atomic E-state index is 11.9. The molecule has 3 rings (SSSR count). The lowest BCUT2D eigenvalue weighted by Gasteiger charge is -2.08. The molecule has 3 amide bonds. The van der Waals surface area contributed by atoms with Gasteiger partial charge in [0, 0.05) is 10.7 Å². The van der Waals surface area contributed by atoms with Crippen LogP contribution in [-0.2, 0) is 0 Å². The zero-order valence-corrected chi connectivity index (χ0v) is 12.7. The second kappa shape index (κ2) is 6.08. The van der Waals surface area contributed by atoms with Crippen LogP contribution in [0.25, 0.3) is 10.2 Å². The largest absolute Gasteiger partial charge is 0.350 e. The molecule has 112 valence electrons. The van der Waals surface area contributed by atoms with Crippen LogP contribution >= 0.6 is 22.9 Å². The molecule has 0 aliphatic heterocycles. The van der Waals surface area contributed by atoms with Crippen LogP contribution in [0.1, 0.15) is 10.5 Å². The van der Waals surface area contributed by atoms with Crippen molar-refractivity contribution in [1.82, 2.24) is 15.8 Å². The number of fused-ring (bicyclic) bond motifs is 1. The van der Waals surface area contributed by atoms with Crippen molar-refractivity contribution in [1.29, 1.82) is 0 Å². The Balaban J connectivity index is 1.55. The number of halogens is 1. The molecular weight excluding hydrogens is 324 g/mol. The van der Waals surface area contributed by atoms with Crippen molar-refractivity contribution in [2.75, 3.05) is 5.32 Å². The first-order valence-electron chi connectivity index (χ1n) is 6.31. The third kappa shape index (κ3) is 3.21. The number of urea groups is 1. The van der Waals surface area contributed by atoms with Crippen LogP contribution in [-0.4, -0.2) is 16.9 Å². The van der Waals surface area contributed by atoms with E-state index < -0.39 is 11.9 Å². The molecule has 3 aromatic rings. The number of anilines is 1. The van der Waals surface area contributed by atoms with E-state index in [2.05, 4.69) is 21.2 Å². The Labute approximate surface area is 134 Å². The van der Waals surface area contributed by atoms with Gasteiger partial charge in [-0.15, -0.1) is 11.3 Å². The molecule has 0 bridgehead atoms. The van der Waals surface area contributed by atoms with Crippen molar-refractivity contribution < 1.29 is 9.59 Å². The topological polar surface area (TPSA) is 86.0 Å². The normalized spacial score (nSPS) is 10.4. The highest BCUT2D eigenvalue weighted by atomic mass is 35.5. The number of benzene rings is 1. The molecule has 0 saturated carbocycles. The number of nitrogens with one attached hydrogen (secondary N) is 4. The second-order valence-electron chi connectivity index (χ2n) is 4.42. The molecule has 0 aliphatic carbocycles. The Morgan fingerprint density at radius 2 is 1.86 bits per heavy atom. The van der Waals surface area contributed by atoms with E-state index in [1.54, 1.807) is 30.3 Å². The van der Waals surface area contributed by atoms with E-state index >= 15 is 0 Å². The van der Waals surface area contributed by atoms with Crippen molar-refractivity contribution in [2.24, 2.45) is 0 Å². The summed E-state index contributed by atoms with van der Waals surface area (Å²) in [5.41, 5.74) is 6.45. The van der Waals surface area contributed by atoms with Crippen molar-refractivity contribution in [2.45, 2.75) is 0 Å². The highest BCUT2D eigenvalue weighted by molar-refractivity contribution is 7.17.